The number of urea groups is 1. The highest BCUT2D eigenvalue weighted by atomic mass is 19.1. The smallest absolute Gasteiger partial charge is 0.317 e. The summed E-state index contributed by atoms with van der Waals surface area (Å²) in [5, 5.41) is 12.1. The zero-order valence-electron chi connectivity index (χ0n) is 13.0. The predicted molar refractivity (Wildman–Crippen MR) is 82.6 cm³/mol. The number of hydrogen-bond donors (Lipinski definition) is 2. The quantitative estimate of drug-likeness (QED) is 0.899. The van der Waals surface area contributed by atoms with Crippen molar-refractivity contribution in [2.24, 2.45) is 11.8 Å². The molecule has 0 radical (unpaired) electrons. The average Bonchev–Trinajstić information content (AvgIpc) is 3.26. The lowest BCUT2D eigenvalue weighted by Crippen LogP contribution is -2.50. The molecule has 1 aliphatic carbocycles. The van der Waals surface area contributed by atoms with Crippen molar-refractivity contribution in [2.45, 2.75) is 31.7 Å². The summed E-state index contributed by atoms with van der Waals surface area (Å²) in [5.41, 5.74) is 1.02. The van der Waals surface area contributed by atoms with Gasteiger partial charge in [-0.25, -0.2) is 9.18 Å². The van der Waals surface area contributed by atoms with E-state index < -0.39 is 11.9 Å². The van der Waals surface area contributed by atoms with Crippen LogP contribution in [0.5, 0.6) is 0 Å². The van der Waals surface area contributed by atoms with Crippen LogP contribution >= 0.6 is 0 Å². The van der Waals surface area contributed by atoms with Gasteiger partial charge in [-0.15, -0.1) is 0 Å². The summed E-state index contributed by atoms with van der Waals surface area (Å²) in [6.07, 6.45) is 1.45. The largest absolute Gasteiger partial charge is 0.481 e. The zero-order valence-corrected chi connectivity index (χ0v) is 13.0. The summed E-state index contributed by atoms with van der Waals surface area (Å²) in [6, 6.07) is 6.20. The maximum absolute atomic E-state index is 12.9. The highest BCUT2D eigenvalue weighted by Gasteiger charge is 2.41. The molecule has 5 nitrogen and oxygen atoms in total. The monoisotopic (exact) mass is 320 g/mol. The first-order chi connectivity index (χ1) is 10.9. The first-order valence-electron chi connectivity index (χ1n) is 7.97. The number of halogens is 1. The Morgan fingerprint density at radius 1 is 1.22 bits per heavy atom. The van der Waals surface area contributed by atoms with Crippen molar-refractivity contribution in [3.05, 3.63) is 35.6 Å². The number of rotatable bonds is 3. The van der Waals surface area contributed by atoms with Crippen LogP contribution in [-0.2, 0) is 4.79 Å². The van der Waals surface area contributed by atoms with Gasteiger partial charge in [-0.05, 0) is 36.5 Å². The molecule has 0 spiro atoms. The lowest BCUT2D eigenvalue weighted by molar-refractivity contribution is -0.143. The van der Waals surface area contributed by atoms with Gasteiger partial charge in [0, 0.05) is 25.0 Å². The molecule has 1 aliphatic heterocycles. The molecule has 2 N–H and O–H groups in total. The topological polar surface area (TPSA) is 69.6 Å². The van der Waals surface area contributed by atoms with Gasteiger partial charge in [-0.1, -0.05) is 19.1 Å². The molecule has 4 atom stereocenters. The van der Waals surface area contributed by atoms with Crippen LogP contribution in [0.15, 0.2) is 24.3 Å². The number of piperidine rings is 1. The second-order valence-electron chi connectivity index (χ2n) is 6.73. The van der Waals surface area contributed by atoms with Crippen LogP contribution in [0.4, 0.5) is 9.18 Å². The Morgan fingerprint density at radius 2 is 1.91 bits per heavy atom. The summed E-state index contributed by atoms with van der Waals surface area (Å²) >= 11 is 0. The Kier molecular flexibility index (Phi) is 4.24. The number of carboxylic acids is 1. The second kappa shape index (κ2) is 6.18. The van der Waals surface area contributed by atoms with E-state index in [1.54, 1.807) is 17.0 Å². The number of amides is 2. The Balaban J connectivity index is 1.55. The summed E-state index contributed by atoms with van der Waals surface area (Å²) in [7, 11) is 0. The van der Waals surface area contributed by atoms with Crippen LogP contribution in [0, 0.1) is 17.7 Å². The standard InChI is InChI=1S/C17H21FN2O3/c1-10-6-12(16(21)22)9-20(8-10)17(23)19-15-7-14(15)11-2-4-13(18)5-3-11/h2-5,10,12,14-15H,6-9H2,1H3,(H,19,23)(H,21,22)/t10?,12?,14-,15+/m0/s1. The van der Waals surface area contributed by atoms with Crippen molar-refractivity contribution >= 4 is 12.0 Å². The minimum atomic E-state index is -0.843. The molecule has 1 saturated carbocycles. The summed E-state index contributed by atoms with van der Waals surface area (Å²) in [6.45, 7) is 2.82. The van der Waals surface area contributed by atoms with Gasteiger partial charge in [0.15, 0.2) is 0 Å². The van der Waals surface area contributed by atoms with Gasteiger partial charge >= 0.3 is 12.0 Å². The number of nitrogens with one attached hydrogen (secondary N) is 1. The van der Waals surface area contributed by atoms with Crippen molar-refractivity contribution in [1.82, 2.24) is 10.2 Å². The van der Waals surface area contributed by atoms with Crippen molar-refractivity contribution in [3.8, 4) is 0 Å². The second-order valence-corrected chi connectivity index (χ2v) is 6.73. The van der Waals surface area contributed by atoms with Gasteiger partial charge < -0.3 is 15.3 Å². The molecule has 2 fully saturated rings. The van der Waals surface area contributed by atoms with Crippen molar-refractivity contribution in [3.63, 3.8) is 0 Å². The minimum absolute atomic E-state index is 0.0495. The van der Waals surface area contributed by atoms with Crippen LogP contribution in [-0.4, -0.2) is 41.1 Å². The Labute approximate surface area is 134 Å². The summed E-state index contributed by atoms with van der Waals surface area (Å²) < 4.78 is 12.9. The number of aliphatic carboxylic acids is 1. The molecule has 0 bridgehead atoms. The molecule has 0 aromatic heterocycles. The molecule has 2 unspecified atom stereocenters. The molecule has 1 aromatic carbocycles. The van der Waals surface area contributed by atoms with Gasteiger partial charge in [0.2, 0.25) is 0 Å². The first kappa shape index (κ1) is 15.8. The number of carbonyl (C=O) groups is 2. The number of likely N-dealkylation sites (tertiary alicyclic amines) is 1. The molecule has 23 heavy (non-hydrogen) atoms. The van der Waals surface area contributed by atoms with Crippen molar-refractivity contribution < 1.29 is 19.1 Å². The predicted octanol–water partition coefficient (Wildman–Crippen LogP) is 2.43. The van der Waals surface area contributed by atoms with Crippen LogP contribution in [0.25, 0.3) is 0 Å². The van der Waals surface area contributed by atoms with E-state index in [0.29, 0.717) is 13.0 Å². The highest BCUT2D eigenvalue weighted by Crippen LogP contribution is 2.41. The number of benzene rings is 1. The van der Waals surface area contributed by atoms with E-state index >= 15 is 0 Å². The van der Waals surface area contributed by atoms with E-state index in [2.05, 4.69) is 5.32 Å². The molecule has 2 aliphatic rings. The van der Waals surface area contributed by atoms with Gasteiger partial charge in [-0.2, -0.15) is 0 Å². The van der Waals surface area contributed by atoms with Gasteiger partial charge in [0.05, 0.1) is 5.92 Å². The van der Waals surface area contributed by atoms with Crippen LogP contribution in [0.2, 0.25) is 0 Å². The SMILES string of the molecule is CC1CC(C(=O)O)CN(C(=O)N[C@@H]2C[C@H]2c2ccc(F)cc2)C1. The molecule has 1 aromatic rings. The fourth-order valence-corrected chi connectivity index (χ4v) is 3.38. The number of carbonyl (C=O) groups excluding carboxylic acids is 1. The number of hydrogen-bond acceptors (Lipinski definition) is 2. The molecule has 1 saturated heterocycles. The maximum atomic E-state index is 12.9. The molecule has 6 heteroatoms. The molecule has 124 valence electrons. The fraction of sp³-hybridized carbons (Fsp3) is 0.529. The van der Waals surface area contributed by atoms with E-state index in [4.69, 9.17) is 0 Å². The fourth-order valence-electron chi connectivity index (χ4n) is 3.38. The molecular formula is C17H21FN2O3. The van der Waals surface area contributed by atoms with E-state index in [1.807, 2.05) is 6.92 Å². The van der Waals surface area contributed by atoms with Crippen molar-refractivity contribution in [2.75, 3.05) is 13.1 Å². The van der Waals surface area contributed by atoms with E-state index in [-0.39, 0.29) is 36.3 Å². The van der Waals surface area contributed by atoms with Gasteiger partial charge in [-0.3, -0.25) is 4.79 Å². The third kappa shape index (κ3) is 3.63. The number of nitrogens with zero attached hydrogens (tertiary/aromatic N) is 1. The Hall–Kier alpha value is -2.11. The molecule has 2 amide bonds. The molecule has 3 rings (SSSR count). The minimum Gasteiger partial charge on any atom is -0.481 e. The lowest BCUT2D eigenvalue weighted by Gasteiger charge is -2.34. The normalized spacial score (nSPS) is 29.9. The van der Waals surface area contributed by atoms with Crippen LogP contribution < -0.4 is 5.32 Å². The highest BCUT2D eigenvalue weighted by molar-refractivity contribution is 5.77. The third-order valence-electron chi connectivity index (χ3n) is 4.69. The molecule has 1 heterocycles. The van der Waals surface area contributed by atoms with E-state index in [1.165, 1.54) is 12.1 Å². The van der Waals surface area contributed by atoms with Gasteiger partial charge in [0.1, 0.15) is 5.82 Å². The van der Waals surface area contributed by atoms with Crippen LogP contribution in [0.3, 0.4) is 0 Å². The number of carboxylic acid groups (broad SMARTS) is 1. The van der Waals surface area contributed by atoms with Crippen LogP contribution in [0.1, 0.15) is 31.2 Å². The third-order valence-corrected chi connectivity index (χ3v) is 4.69. The van der Waals surface area contributed by atoms with Crippen molar-refractivity contribution in [1.29, 1.82) is 0 Å². The van der Waals surface area contributed by atoms with E-state index in [9.17, 15) is 19.1 Å². The maximum Gasteiger partial charge on any atom is 0.317 e. The molecular weight excluding hydrogens is 299 g/mol. The average molecular weight is 320 g/mol. The van der Waals surface area contributed by atoms with Gasteiger partial charge in [0.25, 0.3) is 0 Å². The zero-order chi connectivity index (χ0) is 16.6. The first-order valence-corrected chi connectivity index (χ1v) is 7.97. The summed E-state index contributed by atoms with van der Waals surface area (Å²) in [5.74, 6) is -1.20. The Morgan fingerprint density at radius 3 is 2.57 bits per heavy atom. The Bertz CT molecular complexity index is 604. The van der Waals surface area contributed by atoms with E-state index in [0.717, 1.165) is 12.0 Å². The lowest BCUT2D eigenvalue weighted by atomic mass is 9.91. The summed E-state index contributed by atoms with van der Waals surface area (Å²) in [4.78, 5) is 25.1.